The van der Waals surface area contributed by atoms with Crippen molar-refractivity contribution >= 4 is 40.6 Å². The van der Waals surface area contributed by atoms with E-state index in [2.05, 4.69) is 27.3 Å². The maximum absolute atomic E-state index is 13.6. The number of nitro groups is 1. The number of carbonyl (C=O) groups is 1. The van der Waals surface area contributed by atoms with E-state index in [1.54, 1.807) is 12.1 Å². The molecule has 35 heavy (non-hydrogen) atoms. The topological polar surface area (TPSA) is 106 Å². The van der Waals surface area contributed by atoms with Crippen LogP contribution in [-0.2, 0) is 4.79 Å². The molecule has 1 atom stereocenters. The number of thioether (sulfide) groups is 1. The highest BCUT2D eigenvalue weighted by Crippen LogP contribution is 2.31. The molecule has 0 radical (unpaired) electrons. The number of benzene rings is 2. The summed E-state index contributed by atoms with van der Waals surface area (Å²) in [6, 6.07) is 10.0. The van der Waals surface area contributed by atoms with Gasteiger partial charge in [0, 0.05) is 16.8 Å². The third-order valence-electron chi connectivity index (χ3n) is 5.82. The molecule has 9 nitrogen and oxygen atoms in total. The van der Waals surface area contributed by atoms with Crippen LogP contribution in [0.2, 0.25) is 5.02 Å². The van der Waals surface area contributed by atoms with Crippen LogP contribution in [0.5, 0.6) is 0 Å². The third-order valence-corrected chi connectivity index (χ3v) is 6.98. The lowest BCUT2D eigenvalue weighted by Gasteiger charge is -2.31. The van der Waals surface area contributed by atoms with E-state index >= 15 is 0 Å². The lowest BCUT2D eigenvalue weighted by atomic mass is 10.1. The molecule has 12 heteroatoms. The first kappa shape index (κ1) is 25.1. The second kappa shape index (κ2) is 11.1. The van der Waals surface area contributed by atoms with Gasteiger partial charge < -0.3 is 5.32 Å². The number of amides is 1. The van der Waals surface area contributed by atoms with Crippen molar-refractivity contribution in [3.8, 4) is 5.69 Å². The van der Waals surface area contributed by atoms with Crippen LogP contribution in [0.1, 0.15) is 38.1 Å². The summed E-state index contributed by atoms with van der Waals surface area (Å²) in [6.45, 7) is 3.99. The lowest BCUT2D eigenvalue weighted by molar-refractivity contribution is -0.383. The zero-order valence-electron chi connectivity index (χ0n) is 19.0. The van der Waals surface area contributed by atoms with Gasteiger partial charge in [-0.05, 0) is 69.3 Å². The van der Waals surface area contributed by atoms with Crippen LogP contribution in [0.15, 0.2) is 47.6 Å². The summed E-state index contributed by atoms with van der Waals surface area (Å²) in [5.74, 6) is -0.155. The molecule has 2 aromatic carbocycles. The normalized spacial score (nSPS) is 15.1. The first-order chi connectivity index (χ1) is 16.8. The molecule has 184 valence electrons. The van der Waals surface area contributed by atoms with Crippen LogP contribution < -0.4 is 5.32 Å². The number of anilines is 1. The Morgan fingerprint density at radius 2 is 1.91 bits per heavy atom. The smallest absolute Gasteiger partial charge is 0.294 e. The predicted octanol–water partition coefficient (Wildman–Crippen LogP) is 5.25. The van der Waals surface area contributed by atoms with Crippen molar-refractivity contribution in [2.45, 2.75) is 37.4 Å². The fraction of sp³-hybridized carbons (Fsp3) is 0.348. The second-order valence-corrected chi connectivity index (χ2v) is 9.56. The number of piperidine rings is 1. The summed E-state index contributed by atoms with van der Waals surface area (Å²) in [6.07, 6.45) is 3.44. The molecule has 1 unspecified atom stereocenters. The fourth-order valence-electron chi connectivity index (χ4n) is 4.03. The van der Waals surface area contributed by atoms with E-state index in [4.69, 9.17) is 11.6 Å². The first-order valence-corrected chi connectivity index (χ1v) is 12.5. The van der Waals surface area contributed by atoms with Gasteiger partial charge in [-0.2, -0.15) is 0 Å². The van der Waals surface area contributed by atoms with Gasteiger partial charge in [0.2, 0.25) is 5.91 Å². The molecule has 0 aliphatic carbocycles. The molecule has 3 aromatic rings. The Balaban J connectivity index is 1.55. The Bertz CT molecular complexity index is 1220. The molecule has 2 heterocycles. The quantitative estimate of drug-likeness (QED) is 0.247. The van der Waals surface area contributed by atoms with E-state index in [9.17, 15) is 19.3 Å². The molecule has 1 aliphatic heterocycles. The highest BCUT2D eigenvalue weighted by Gasteiger charge is 2.26. The molecule has 1 saturated heterocycles. The van der Waals surface area contributed by atoms with Gasteiger partial charge in [-0.3, -0.25) is 24.4 Å². The summed E-state index contributed by atoms with van der Waals surface area (Å²) in [4.78, 5) is 25.7. The number of halogens is 2. The van der Waals surface area contributed by atoms with E-state index in [1.165, 1.54) is 36.8 Å². The lowest BCUT2D eigenvalue weighted by Crippen LogP contribution is -2.33. The number of nitrogens with one attached hydrogen (secondary N) is 1. The van der Waals surface area contributed by atoms with Crippen LogP contribution in [-0.4, -0.2) is 49.3 Å². The maximum Gasteiger partial charge on any atom is 0.294 e. The molecular formula is C23H24ClFN6O3S. The summed E-state index contributed by atoms with van der Waals surface area (Å²) in [5, 5.41) is 23.3. The van der Waals surface area contributed by atoms with Gasteiger partial charge in [0.15, 0.2) is 11.0 Å². The number of hydrogen-bond acceptors (Lipinski definition) is 7. The van der Waals surface area contributed by atoms with E-state index in [0.717, 1.165) is 37.7 Å². The number of nitro benzene ring substituents is 1. The molecule has 1 aliphatic rings. The fourth-order valence-corrected chi connectivity index (χ4v) is 4.95. The monoisotopic (exact) mass is 518 g/mol. The highest BCUT2D eigenvalue weighted by molar-refractivity contribution is 7.99. The van der Waals surface area contributed by atoms with Crippen molar-refractivity contribution in [3.63, 3.8) is 0 Å². The van der Waals surface area contributed by atoms with Crippen molar-refractivity contribution in [1.82, 2.24) is 19.7 Å². The second-order valence-electron chi connectivity index (χ2n) is 8.18. The zero-order valence-corrected chi connectivity index (χ0v) is 20.6. The summed E-state index contributed by atoms with van der Waals surface area (Å²) in [7, 11) is 0. The van der Waals surface area contributed by atoms with Crippen molar-refractivity contribution in [1.29, 1.82) is 0 Å². The highest BCUT2D eigenvalue weighted by atomic mass is 35.5. The van der Waals surface area contributed by atoms with Crippen molar-refractivity contribution in [2.24, 2.45) is 0 Å². The van der Waals surface area contributed by atoms with E-state index in [1.807, 2.05) is 4.57 Å². The summed E-state index contributed by atoms with van der Waals surface area (Å²) < 4.78 is 15.4. The number of hydrogen-bond donors (Lipinski definition) is 1. The summed E-state index contributed by atoms with van der Waals surface area (Å²) >= 11 is 6.99. The largest absolute Gasteiger partial charge is 0.320 e. The van der Waals surface area contributed by atoms with Gasteiger partial charge in [0.25, 0.3) is 5.69 Å². The van der Waals surface area contributed by atoms with Crippen LogP contribution in [0, 0.1) is 15.9 Å². The first-order valence-electron chi connectivity index (χ1n) is 11.2. The molecule has 1 fully saturated rings. The Morgan fingerprint density at radius 1 is 1.20 bits per heavy atom. The molecule has 0 spiro atoms. The Kier molecular flexibility index (Phi) is 7.99. The third kappa shape index (κ3) is 5.98. The maximum atomic E-state index is 13.6. The number of aromatic nitrogens is 3. The molecule has 0 saturated carbocycles. The van der Waals surface area contributed by atoms with Crippen LogP contribution in [0.25, 0.3) is 5.69 Å². The van der Waals surface area contributed by atoms with Gasteiger partial charge in [-0.1, -0.05) is 29.8 Å². The zero-order chi connectivity index (χ0) is 24.9. The SMILES string of the molecule is CC(c1nnc(SCC(=O)Nc2ccc(Cl)cc2[N+](=O)[O-])n1-c1ccc(F)cc1)N1CCCCC1. The molecule has 1 N–H and O–H groups in total. The molecule has 1 amide bonds. The average Bonchev–Trinajstić information content (AvgIpc) is 3.28. The number of nitrogens with zero attached hydrogens (tertiary/aromatic N) is 5. The average molecular weight is 519 g/mol. The molecule has 4 rings (SSSR count). The Morgan fingerprint density at radius 3 is 2.60 bits per heavy atom. The van der Waals surface area contributed by atoms with E-state index in [0.29, 0.717) is 16.7 Å². The van der Waals surface area contributed by atoms with Crippen LogP contribution in [0.4, 0.5) is 15.8 Å². The minimum absolute atomic E-state index is 0.0206. The van der Waals surface area contributed by atoms with Gasteiger partial charge in [-0.25, -0.2) is 4.39 Å². The van der Waals surface area contributed by atoms with Crippen LogP contribution in [0.3, 0.4) is 0 Å². The van der Waals surface area contributed by atoms with Gasteiger partial charge in [-0.15, -0.1) is 10.2 Å². The molecule has 1 aromatic heterocycles. The number of carbonyl (C=O) groups excluding carboxylic acids is 1. The Hall–Kier alpha value is -3.02. The molecule has 0 bridgehead atoms. The van der Waals surface area contributed by atoms with Crippen LogP contribution >= 0.6 is 23.4 Å². The minimum Gasteiger partial charge on any atom is -0.320 e. The van der Waals surface area contributed by atoms with Gasteiger partial charge in [0.05, 0.1) is 16.7 Å². The number of rotatable bonds is 8. The molecular weight excluding hydrogens is 495 g/mol. The van der Waals surface area contributed by atoms with Gasteiger partial charge >= 0.3 is 0 Å². The van der Waals surface area contributed by atoms with Crippen molar-refractivity contribution < 1.29 is 14.1 Å². The van der Waals surface area contributed by atoms with Gasteiger partial charge in [0.1, 0.15) is 11.5 Å². The van der Waals surface area contributed by atoms with E-state index < -0.39 is 10.8 Å². The standard InChI is InChI=1S/C23H24ClFN6O3S/c1-15(29-11-3-2-4-12-29)22-27-28-23(30(22)18-8-6-17(25)7-9-18)35-14-21(32)26-19-10-5-16(24)13-20(19)31(33)34/h5-10,13,15H,2-4,11-12,14H2,1H3,(H,26,32). The van der Waals surface area contributed by atoms with Crippen molar-refractivity contribution in [2.75, 3.05) is 24.2 Å². The van der Waals surface area contributed by atoms with E-state index in [-0.39, 0.29) is 34.0 Å². The summed E-state index contributed by atoms with van der Waals surface area (Å²) in [5.41, 5.74) is 0.457. The Labute approximate surface area is 210 Å². The van der Waals surface area contributed by atoms with Crippen molar-refractivity contribution in [3.05, 3.63) is 69.2 Å². The number of likely N-dealkylation sites (tertiary alicyclic amines) is 1. The predicted molar refractivity (Wildman–Crippen MR) is 133 cm³/mol. The minimum atomic E-state index is -0.603.